The zero-order valence-corrected chi connectivity index (χ0v) is 8.69. The Morgan fingerprint density at radius 3 is 2.29 bits per heavy atom. The Morgan fingerprint density at radius 2 is 1.79 bits per heavy atom. The summed E-state index contributed by atoms with van der Waals surface area (Å²) in [6.07, 6.45) is 2.14. The quantitative estimate of drug-likeness (QED) is 0.593. The SMILES string of the molecule is CC(C)N1CCN(C2CC2)C(=O)C1=O. The van der Waals surface area contributed by atoms with Gasteiger partial charge in [-0.1, -0.05) is 0 Å². The van der Waals surface area contributed by atoms with Gasteiger partial charge < -0.3 is 9.80 Å². The van der Waals surface area contributed by atoms with Crippen LogP contribution in [0.25, 0.3) is 0 Å². The van der Waals surface area contributed by atoms with Crippen molar-refractivity contribution in [3.63, 3.8) is 0 Å². The molecule has 1 aliphatic carbocycles. The van der Waals surface area contributed by atoms with Crippen molar-refractivity contribution in [2.24, 2.45) is 0 Å². The number of carbonyl (C=O) groups is 2. The van der Waals surface area contributed by atoms with Gasteiger partial charge >= 0.3 is 11.8 Å². The van der Waals surface area contributed by atoms with E-state index in [0.29, 0.717) is 19.1 Å². The van der Waals surface area contributed by atoms with Gasteiger partial charge in [0.25, 0.3) is 0 Å². The monoisotopic (exact) mass is 196 g/mol. The van der Waals surface area contributed by atoms with Crippen LogP contribution in [0.4, 0.5) is 0 Å². The zero-order valence-electron chi connectivity index (χ0n) is 8.69. The van der Waals surface area contributed by atoms with Crippen molar-refractivity contribution in [2.75, 3.05) is 13.1 Å². The largest absolute Gasteiger partial charge is 0.330 e. The van der Waals surface area contributed by atoms with Gasteiger partial charge in [0.1, 0.15) is 0 Å². The van der Waals surface area contributed by atoms with Crippen LogP contribution in [0.5, 0.6) is 0 Å². The molecule has 4 heteroatoms. The van der Waals surface area contributed by atoms with E-state index in [4.69, 9.17) is 0 Å². The van der Waals surface area contributed by atoms with Crippen molar-refractivity contribution in [1.29, 1.82) is 0 Å². The molecular formula is C10H16N2O2. The highest BCUT2D eigenvalue weighted by molar-refractivity contribution is 6.35. The first-order valence-corrected chi connectivity index (χ1v) is 5.23. The molecule has 0 atom stereocenters. The molecule has 0 unspecified atom stereocenters. The van der Waals surface area contributed by atoms with Gasteiger partial charge in [-0.15, -0.1) is 0 Å². The van der Waals surface area contributed by atoms with E-state index in [1.807, 2.05) is 13.8 Å². The number of piperazine rings is 1. The summed E-state index contributed by atoms with van der Waals surface area (Å²) in [7, 11) is 0. The van der Waals surface area contributed by atoms with Crippen LogP contribution < -0.4 is 0 Å². The Labute approximate surface area is 83.9 Å². The molecule has 0 radical (unpaired) electrons. The summed E-state index contributed by atoms with van der Waals surface area (Å²) in [5.41, 5.74) is 0. The topological polar surface area (TPSA) is 40.6 Å². The Morgan fingerprint density at radius 1 is 1.14 bits per heavy atom. The lowest BCUT2D eigenvalue weighted by Crippen LogP contribution is -2.56. The normalized spacial score (nSPS) is 23.6. The van der Waals surface area contributed by atoms with Crippen molar-refractivity contribution < 1.29 is 9.59 Å². The van der Waals surface area contributed by atoms with E-state index in [-0.39, 0.29) is 17.9 Å². The van der Waals surface area contributed by atoms with Gasteiger partial charge in [-0.25, -0.2) is 0 Å². The number of rotatable bonds is 2. The number of hydrogen-bond donors (Lipinski definition) is 0. The molecule has 1 saturated heterocycles. The molecule has 4 nitrogen and oxygen atoms in total. The fraction of sp³-hybridized carbons (Fsp3) is 0.800. The lowest BCUT2D eigenvalue weighted by Gasteiger charge is -2.36. The van der Waals surface area contributed by atoms with Crippen LogP contribution in [0, 0.1) is 0 Å². The van der Waals surface area contributed by atoms with Crippen LogP contribution in [-0.4, -0.2) is 46.8 Å². The number of carbonyl (C=O) groups excluding carboxylic acids is 2. The minimum Gasteiger partial charge on any atom is -0.330 e. The minimum absolute atomic E-state index is 0.132. The molecule has 2 amide bonds. The second-order valence-corrected chi connectivity index (χ2v) is 4.32. The molecule has 1 heterocycles. The van der Waals surface area contributed by atoms with Gasteiger partial charge in [-0.05, 0) is 26.7 Å². The summed E-state index contributed by atoms with van der Waals surface area (Å²) in [5.74, 6) is -0.620. The maximum atomic E-state index is 11.7. The molecule has 78 valence electrons. The molecular weight excluding hydrogens is 180 g/mol. The average molecular weight is 196 g/mol. The van der Waals surface area contributed by atoms with Gasteiger partial charge in [-0.3, -0.25) is 9.59 Å². The summed E-state index contributed by atoms with van der Waals surface area (Å²) >= 11 is 0. The first kappa shape index (κ1) is 9.49. The van der Waals surface area contributed by atoms with Crippen LogP contribution >= 0.6 is 0 Å². The van der Waals surface area contributed by atoms with Crippen molar-refractivity contribution >= 4 is 11.8 Å². The van der Waals surface area contributed by atoms with E-state index >= 15 is 0 Å². The molecule has 0 aromatic rings. The van der Waals surface area contributed by atoms with E-state index in [2.05, 4.69) is 0 Å². The fourth-order valence-corrected chi connectivity index (χ4v) is 1.89. The third kappa shape index (κ3) is 1.49. The van der Waals surface area contributed by atoms with Crippen LogP contribution in [0.2, 0.25) is 0 Å². The second kappa shape index (κ2) is 3.26. The lowest BCUT2D eigenvalue weighted by molar-refractivity contribution is -0.157. The Bertz CT molecular complexity index is 251. The van der Waals surface area contributed by atoms with E-state index in [9.17, 15) is 9.59 Å². The summed E-state index contributed by atoms with van der Waals surface area (Å²) in [6, 6.07) is 0.494. The third-order valence-corrected chi connectivity index (χ3v) is 2.90. The van der Waals surface area contributed by atoms with Crippen LogP contribution in [-0.2, 0) is 9.59 Å². The predicted molar refractivity (Wildman–Crippen MR) is 51.6 cm³/mol. The molecule has 0 aromatic heterocycles. The number of amides is 2. The molecule has 0 spiro atoms. The minimum atomic E-state index is -0.321. The predicted octanol–water partition coefficient (Wildman–Crippen LogP) is 0.228. The summed E-state index contributed by atoms with van der Waals surface area (Å²) in [5, 5.41) is 0. The Hall–Kier alpha value is -1.06. The Kier molecular flexibility index (Phi) is 2.21. The number of hydrogen-bond acceptors (Lipinski definition) is 2. The molecule has 1 saturated carbocycles. The molecule has 1 aliphatic heterocycles. The summed E-state index contributed by atoms with van der Waals surface area (Å²) in [4.78, 5) is 26.7. The molecule has 2 aliphatic rings. The van der Waals surface area contributed by atoms with Crippen LogP contribution in [0.15, 0.2) is 0 Å². The van der Waals surface area contributed by atoms with Gasteiger partial charge in [-0.2, -0.15) is 0 Å². The maximum Gasteiger partial charge on any atom is 0.312 e. The molecule has 2 fully saturated rings. The van der Waals surface area contributed by atoms with Crippen LogP contribution in [0.1, 0.15) is 26.7 Å². The molecule has 0 N–H and O–H groups in total. The van der Waals surface area contributed by atoms with Gasteiger partial charge in [0.2, 0.25) is 0 Å². The molecule has 14 heavy (non-hydrogen) atoms. The highest BCUT2D eigenvalue weighted by Crippen LogP contribution is 2.28. The van der Waals surface area contributed by atoms with E-state index in [0.717, 1.165) is 12.8 Å². The fourth-order valence-electron chi connectivity index (χ4n) is 1.89. The summed E-state index contributed by atoms with van der Waals surface area (Å²) < 4.78 is 0. The average Bonchev–Trinajstić information content (AvgIpc) is 2.92. The second-order valence-electron chi connectivity index (χ2n) is 4.32. The van der Waals surface area contributed by atoms with E-state index in [1.165, 1.54) is 0 Å². The zero-order chi connectivity index (χ0) is 10.3. The van der Waals surface area contributed by atoms with E-state index < -0.39 is 0 Å². The molecule has 0 aromatic carbocycles. The first-order valence-electron chi connectivity index (χ1n) is 5.23. The van der Waals surface area contributed by atoms with Crippen molar-refractivity contribution in [2.45, 2.75) is 38.8 Å². The van der Waals surface area contributed by atoms with Crippen LogP contribution in [0.3, 0.4) is 0 Å². The third-order valence-electron chi connectivity index (χ3n) is 2.90. The lowest BCUT2D eigenvalue weighted by atomic mass is 10.2. The maximum absolute atomic E-state index is 11.7. The highest BCUT2D eigenvalue weighted by atomic mass is 16.2. The first-order chi connectivity index (χ1) is 6.61. The van der Waals surface area contributed by atoms with Crippen molar-refractivity contribution in [1.82, 2.24) is 9.80 Å². The number of nitrogens with zero attached hydrogens (tertiary/aromatic N) is 2. The van der Waals surface area contributed by atoms with Gasteiger partial charge in [0.15, 0.2) is 0 Å². The smallest absolute Gasteiger partial charge is 0.312 e. The summed E-state index contributed by atoms with van der Waals surface area (Å²) in [6.45, 7) is 5.29. The highest BCUT2D eigenvalue weighted by Gasteiger charge is 2.40. The van der Waals surface area contributed by atoms with Crippen molar-refractivity contribution in [3.05, 3.63) is 0 Å². The van der Waals surface area contributed by atoms with Gasteiger partial charge in [0.05, 0.1) is 0 Å². The van der Waals surface area contributed by atoms with Crippen molar-refractivity contribution in [3.8, 4) is 0 Å². The standard InChI is InChI=1S/C10H16N2O2/c1-7(2)11-5-6-12(8-3-4-8)10(14)9(11)13/h7-8H,3-6H2,1-2H3. The van der Waals surface area contributed by atoms with Gasteiger partial charge in [0, 0.05) is 25.2 Å². The molecule has 2 rings (SSSR count). The Balaban J connectivity index is 2.06. The molecule has 0 bridgehead atoms. The van der Waals surface area contributed by atoms with E-state index in [1.54, 1.807) is 9.80 Å².